The molecule has 1 heterocycles. The Morgan fingerprint density at radius 1 is 0.829 bits per heavy atom. The number of carbonyl (C=O) groups is 2. The second kappa shape index (κ2) is 14.3. The first-order chi connectivity index (χ1) is 19.9. The molecule has 8 nitrogen and oxygen atoms in total. The molecule has 1 aromatic heterocycles. The van der Waals surface area contributed by atoms with E-state index in [9.17, 15) is 18.0 Å². The van der Waals surface area contributed by atoms with E-state index in [0.717, 1.165) is 16.7 Å². The van der Waals surface area contributed by atoms with Crippen LogP contribution in [-0.4, -0.2) is 36.7 Å². The summed E-state index contributed by atoms with van der Waals surface area (Å²) in [4.78, 5) is 33.5. The number of pyridine rings is 1. The highest BCUT2D eigenvalue weighted by atomic mass is 32.2. The normalized spacial score (nSPS) is 11.9. The Balaban J connectivity index is 1.58. The Labute approximate surface area is 241 Å². The zero-order valence-electron chi connectivity index (χ0n) is 22.9. The van der Waals surface area contributed by atoms with Crippen molar-refractivity contribution in [1.82, 2.24) is 19.9 Å². The van der Waals surface area contributed by atoms with Gasteiger partial charge < -0.3 is 10.2 Å². The van der Waals surface area contributed by atoms with Crippen molar-refractivity contribution in [3.8, 4) is 0 Å². The van der Waals surface area contributed by atoms with Gasteiger partial charge in [-0.15, -0.1) is 0 Å². The number of amides is 2. The number of aryl methyl sites for hydroxylation is 1. The number of nitrogens with zero attached hydrogens (tertiary/aromatic N) is 2. The molecule has 4 aromatic rings. The molecule has 3 aromatic carbocycles. The van der Waals surface area contributed by atoms with Gasteiger partial charge in [-0.3, -0.25) is 14.6 Å². The fourth-order valence-electron chi connectivity index (χ4n) is 4.50. The van der Waals surface area contributed by atoms with Crippen LogP contribution in [0, 0.1) is 0 Å². The molecule has 2 amide bonds. The molecule has 0 saturated heterocycles. The first kappa shape index (κ1) is 29.6. The van der Waals surface area contributed by atoms with E-state index in [-0.39, 0.29) is 36.2 Å². The van der Waals surface area contributed by atoms with Gasteiger partial charge in [-0.05, 0) is 46.9 Å². The number of rotatable bonds is 13. The van der Waals surface area contributed by atoms with Gasteiger partial charge in [-0.2, -0.15) is 0 Å². The third-order valence-electron chi connectivity index (χ3n) is 6.58. The topological polar surface area (TPSA) is 108 Å². The van der Waals surface area contributed by atoms with Crippen molar-refractivity contribution in [3.05, 3.63) is 132 Å². The van der Waals surface area contributed by atoms with Gasteiger partial charge in [0, 0.05) is 38.4 Å². The van der Waals surface area contributed by atoms with Gasteiger partial charge in [0.25, 0.3) is 0 Å². The molecule has 9 heteroatoms. The molecule has 0 spiro atoms. The molecule has 1 atom stereocenters. The van der Waals surface area contributed by atoms with Crippen molar-refractivity contribution in [2.24, 2.45) is 0 Å². The second-order valence-electron chi connectivity index (χ2n) is 9.54. The maximum atomic E-state index is 13.9. The van der Waals surface area contributed by atoms with Crippen molar-refractivity contribution in [2.75, 3.05) is 6.54 Å². The van der Waals surface area contributed by atoms with E-state index in [4.69, 9.17) is 0 Å². The van der Waals surface area contributed by atoms with E-state index in [1.54, 1.807) is 36.4 Å². The molecule has 0 saturated carbocycles. The minimum Gasteiger partial charge on any atom is -0.350 e. The molecule has 212 valence electrons. The molecule has 4 rings (SSSR count). The van der Waals surface area contributed by atoms with E-state index in [1.807, 2.05) is 72.8 Å². The molecule has 2 N–H and O–H groups in total. The molecule has 0 bridgehead atoms. The number of aromatic nitrogens is 1. The number of hydrogen-bond donors (Lipinski definition) is 2. The molecule has 0 aliphatic carbocycles. The van der Waals surface area contributed by atoms with Crippen LogP contribution in [0.3, 0.4) is 0 Å². The molecule has 1 unspecified atom stereocenters. The van der Waals surface area contributed by atoms with Crippen LogP contribution in [-0.2, 0) is 39.1 Å². The molecule has 0 aliphatic rings. The van der Waals surface area contributed by atoms with Crippen LogP contribution in [0.1, 0.15) is 41.6 Å². The van der Waals surface area contributed by atoms with Crippen molar-refractivity contribution in [1.29, 1.82) is 0 Å². The monoisotopic (exact) mass is 570 g/mol. The van der Waals surface area contributed by atoms with Gasteiger partial charge in [0.15, 0.2) is 0 Å². The van der Waals surface area contributed by atoms with Crippen LogP contribution >= 0.6 is 0 Å². The largest absolute Gasteiger partial charge is 0.350 e. The average molecular weight is 571 g/mol. The fraction of sp³-hybridized carbons (Fsp3) is 0.219. The summed E-state index contributed by atoms with van der Waals surface area (Å²) in [7, 11) is -3.56. The van der Waals surface area contributed by atoms with E-state index in [2.05, 4.69) is 15.0 Å². The third-order valence-corrected chi connectivity index (χ3v) is 8.14. The predicted molar refractivity (Wildman–Crippen MR) is 158 cm³/mol. The lowest BCUT2D eigenvalue weighted by Gasteiger charge is -2.32. The Bertz CT molecular complexity index is 1510. The van der Waals surface area contributed by atoms with Gasteiger partial charge in [0.05, 0.1) is 4.90 Å². The highest BCUT2D eigenvalue weighted by Crippen LogP contribution is 2.25. The van der Waals surface area contributed by atoms with Crippen LogP contribution in [0.25, 0.3) is 0 Å². The van der Waals surface area contributed by atoms with Crippen molar-refractivity contribution in [3.63, 3.8) is 0 Å². The van der Waals surface area contributed by atoms with Gasteiger partial charge in [-0.25, -0.2) is 13.1 Å². The lowest BCUT2D eigenvalue weighted by atomic mass is 10.0. The molecular weight excluding hydrogens is 536 g/mol. The Kier molecular flexibility index (Phi) is 10.4. The van der Waals surface area contributed by atoms with Crippen LogP contribution in [0.2, 0.25) is 0 Å². The zero-order chi connectivity index (χ0) is 29.1. The Hall–Kier alpha value is -4.34. The summed E-state index contributed by atoms with van der Waals surface area (Å²) in [6.45, 7) is 2.56. The number of nitrogens with one attached hydrogen (secondary N) is 2. The molecule has 0 radical (unpaired) electrons. The van der Waals surface area contributed by atoms with E-state index < -0.39 is 16.1 Å². The first-order valence-corrected chi connectivity index (χ1v) is 15.0. The smallest absolute Gasteiger partial charge is 0.247 e. The third kappa shape index (κ3) is 8.33. The quantitative estimate of drug-likeness (QED) is 0.248. The number of carbonyl (C=O) groups excluding carboxylic acids is 2. The number of sulfonamides is 1. The summed E-state index contributed by atoms with van der Waals surface area (Å²) in [6, 6.07) is 28.2. The fourth-order valence-corrected chi connectivity index (χ4v) is 5.54. The van der Waals surface area contributed by atoms with Crippen LogP contribution in [0.5, 0.6) is 0 Å². The lowest BCUT2D eigenvalue weighted by molar-refractivity contribution is -0.141. The van der Waals surface area contributed by atoms with Gasteiger partial charge in [0.2, 0.25) is 21.8 Å². The standard InChI is InChI=1S/C32H34N4O4S/c1-2-35-41(39,40)29-18-15-25(16-19-29)17-20-30(37)36(24-26-10-5-3-6-11-26)31(28-13-7-4-8-14-28)32(38)34-23-27-12-9-21-33-22-27/h3-16,18-19,21-22,31,35H,2,17,20,23-24H2,1H3,(H,34,38). The van der Waals surface area contributed by atoms with Crippen molar-refractivity contribution >= 4 is 21.8 Å². The molecular formula is C32H34N4O4S. The van der Waals surface area contributed by atoms with Crippen molar-refractivity contribution in [2.45, 2.75) is 43.8 Å². The summed E-state index contributed by atoms with van der Waals surface area (Å²) >= 11 is 0. The summed E-state index contributed by atoms with van der Waals surface area (Å²) in [5.74, 6) is -0.481. The summed E-state index contributed by atoms with van der Waals surface area (Å²) < 4.78 is 27.0. The van der Waals surface area contributed by atoms with Crippen LogP contribution < -0.4 is 10.0 Å². The minimum atomic E-state index is -3.56. The summed E-state index contributed by atoms with van der Waals surface area (Å²) in [6.07, 6.45) is 3.91. The maximum Gasteiger partial charge on any atom is 0.247 e. The Morgan fingerprint density at radius 3 is 2.12 bits per heavy atom. The maximum absolute atomic E-state index is 13.9. The highest BCUT2D eigenvalue weighted by Gasteiger charge is 2.31. The molecule has 0 aliphatic heterocycles. The zero-order valence-corrected chi connectivity index (χ0v) is 23.8. The van der Waals surface area contributed by atoms with E-state index in [0.29, 0.717) is 18.5 Å². The number of hydrogen-bond acceptors (Lipinski definition) is 5. The minimum absolute atomic E-state index is 0.144. The lowest BCUT2D eigenvalue weighted by Crippen LogP contribution is -2.43. The molecule has 0 fully saturated rings. The van der Waals surface area contributed by atoms with Gasteiger partial charge in [0.1, 0.15) is 6.04 Å². The summed E-state index contributed by atoms with van der Waals surface area (Å²) in [5, 5.41) is 2.99. The summed E-state index contributed by atoms with van der Waals surface area (Å²) in [5.41, 5.74) is 3.29. The van der Waals surface area contributed by atoms with E-state index >= 15 is 0 Å². The van der Waals surface area contributed by atoms with Gasteiger partial charge >= 0.3 is 0 Å². The number of benzene rings is 3. The SMILES string of the molecule is CCNS(=O)(=O)c1ccc(CCC(=O)N(Cc2ccccc2)C(C(=O)NCc2cccnc2)c2ccccc2)cc1. The van der Waals surface area contributed by atoms with E-state index in [1.165, 1.54) is 12.1 Å². The van der Waals surface area contributed by atoms with Crippen molar-refractivity contribution < 1.29 is 18.0 Å². The second-order valence-corrected chi connectivity index (χ2v) is 11.3. The first-order valence-electron chi connectivity index (χ1n) is 13.5. The Morgan fingerprint density at radius 2 is 1.49 bits per heavy atom. The van der Waals surface area contributed by atoms with Crippen LogP contribution in [0.15, 0.2) is 114 Å². The van der Waals surface area contributed by atoms with Crippen LogP contribution in [0.4, 0.5) is 0 Å². The average Bonchev–Trinajstić information content (AvgIpc) is 3.00. The van der Waals surface area contributed by atoms with Gasteiger partial charge in [-0.1, -0.05) is 85.8 Å². The molecule has 41 heavy (non-hydrogen) atoms. The highest BCUT2D eigenvalue weighted by molar-refractivity contribution is 7.89. The predicted octanol–water partition coefficient (Wildman–Crippen LogP) is 4.40.